The predicted octanol–water partition coefficient (Wildman–Crippen LogP) is 0.116. The first-order chi connectivity index (χ1) is 17.0. The SMILES string of the molecule is O=C1C2=C(C(=O)c3ccccc31)S(=O)(=O)CCN2.O=C1c2ccccc2C(=O)C2C1NCCS2(=O)=O. The lowest BCUT2D eigenvalue weighted by Gasteiger charge is -2.34. The van der Waals surface area contributed by atoms with Crippen LogP contribution in [0.5, 0.6) is 0 Å². The monoisotopic (exact) mass is 528 g/mol. The summed E-state index contributed by atoms with van der Waals surface area (Å²) < 4.78 is 47.8. The van der Waals surface area contributed by atoms with Gasteiger partial charge in [0.1, 0.15) is 15.9 Å². The molecule has 6 rings (SSSR count). The van der Waals surface area contributed by atoms with Crippen molar-refractivity contribution in [1.82, 2.24) is 10.6 Å². The molecule has 0 saturated carbocycles. The van der Waals surface area contributed by atoms with Crippen molar-refractivity contribution in [1.29, 1.82) is 0 Å². The number of sulfone groups is 2. The maximum Gasteiger partial charge on any atom is 0.211 e. The number of allylic oxidation sites excluding steroid dienone is 2. The highest BCUT2D eigenvalue weighted by molar-refractivity contribution is 7.96. The molecule has 0 radical (unpaired) electrons. The molecule has 0 amide bonds. The zero-order valence-electron chi connectivity index (χ0n) is 18.7. The standard InChI is InChI=1S/C12H11NO4S.C12H9NO4S/c2*14-10-7-3-1-2-4-8(7)11(15)12-9(10)13-5-6-18(12,16)17/h1-4,9,12-13H,5-6H2;1-4,13H,5-6H2. The first-order valence-corrected chi connectivity index (χ1v) is 14.4. The third-order valence-electron chi connectivity index (χ3n) is 6.50. The molecule has 2 aromatic rings. The second kappa shape index (κ2) is 8.57. The van der Waals surface area contributed by atoms with Crippen molar-refractivity contribution in [3.63, 3.8) is 0 Å². The molecule has 0 bridgehead atoms. The number of hydrogen-bond donors (Lipinski definition) is 2. The molecule has 2 unspecified atom stereocenters. The van der Waals surface area contributed by atoms with Gasteiger partial charge in [0.15, 0.2) is 31.2 Å². The van der Waals surface area contributed by atoms with Crippen molar-refractivity contribution in [2.45, 2.75) is 11.3 Å². The highest BCUT2D eigenvalue weighted by atomic mass is 32.2. The minimum absolute atomic E-state index is 0.0787. The number of benzene rings is 2. The van der Waals surface area contributed by atoms with Crippen molar-refractivity contribution in [2.24, 2.45) is 0 Å². The van der Waals surface area contributed by atoms with Crippen LogP contribution in [0.4, 0.5) is 0 Å². The van der Waals surface area contributed by atoms with E-state index in [1.165, 1.54) is 18.2 Å². The molecule has 0 spiro atoms. The number of carbonyl (C=O) groups excluding carboxylic acids is 4. The highest BCUT2D eigenvalue weighted by Gasteiger charge is 2.50. The van der Waals surface area contributed by atoms with Gasteiger partial charge in [0.2, 0.25) is 11.6 Å². The van der Waals surface area contributed by atoms with Crippen LogP contribution in [0.2, 0.25) is 0 Å². The summed E-state index contributed by atoms with van der Waals surface area (Å²) >= 11 is 0. The highest BCUT2D eigenvalue weighted by Crippen LogP contribution is 2.30. The Hall–Kier alpha value is -3.48. The van der Waals surface area contributed by atoms with Crippen LogP contribution in [0.3, 0.4) is 0 Å². The molecule has 2 aliphatic heterocycles. The van der Waals surface area contributed by atoms with Crippen molar-refractivity contribution in [2.75, 3.05) is 24.6 Å². The van der Waals surface area contributed by atoms with Crippen molar-refractivity contribution in [3.05, 3.63) is 81.4 Å². The van der Waals surface area contributed by atoms with E-state index in [1.807, 2.05) is 0 Å². The summed E-state index contributed by atoms with van der Waals surface area (Å²) in [5.74, 6) is -2.06. The molecule has 2 aliphatic carbocycles. The molecule has 1 fully saturated rings. The van der Waals surface area contributed by atoms with Gasteiger partial charge < -0.3 is 10.6 Å². The minimum Gasteiger partial charge on any atom is -0.380 e. The van der Waals surface area contributed by atoms with Crippen LogP contribution in [0.1, 0.15) is 41.4 Å². The average molecular weight is 529 g/mol. The van der Waals surface area contributed by atoms with Crippen LogP contribution in [0, 0.1) is 0 Å². The number of ketones is 4. The van der Waals surface area contributed by atoms with E-state index in [0.717, 1.165) is 0 Å². The van der Waals surface area contributed by atoms with E-state index in [2.05, 4.69) is 10.6 Å². The number of Topliss-reactive ketones (excluding diaryl/α,β-unsaturated/α-hetero) is 4. The summed E-state index contributed by atoms with van der Waals surface area (Å²) in [6.07, 6.45) is 0. The van der Waals surface area contributed by atoms with E-state index in [-0.39, 0.29) is 57.7 Å². The number of nitrogens with one attached hydrogen (secondary N) is 2. The molecule has 10 nitrogen and oxygen atoms in total. The number of rotatable bonds is 0. The first-order valence-electron chi connectivity index (χ1n) is 11.1. The zero-order valence-corrected chi connectivity index (χ0v) is 20.3. The van der Waals surface area contributed by atoms with E-state index < -0.39 is 48.3 Å². The Bertz CT molecular complexity index is 1610. The van der Waals surface area contributed by atoms with E-state index in [0.29, 0.717) is 5.56 Å². The van der Waals surface area contributed by atoms with Crippen LogP contribution < -0.4 is 10.6 Å². The molecule has 1 saturated heterocycles. The fourth-order valence-corrected chi connectivity index (χ4v) is 7.99. The molecule has 4 aliphatic rings. The Kier molecular flexibility index (Phi) is 5.77. The zero-order chi connectivity index (χ0) is 25.8. The third-order valence-corrected chi connectivity index (χ3v) is 10.3. The maximum atomic E-state index is 12.2. The summed E-state index contributed by atoms with van der Waals surface area (Å²) in [6.45, 7) is 0.368. The second-order valence-corrected chi connectivity index (χ2v) is 12.9. The molecule has 12 heteroatoms. The summed E-state index contributed by atoms with van der Waals surface area (Å²) in [5, 5.41) is 4.32. The quantitative estimate of drug-likeness (QED) is 0.480. The lowest BCUT2D eigenvalue weighted by atomic mass is 9.85. The van der Waals surface area contributed by atoms with Crippen LogP contribution in [-0.2, 0) is 19.7 Å². The minimum atomic E-state index is -3.66. The Morgan fingerprint density at radius 1 is 0.667 bits per heavy atom. The smallest absolute Gasteiger partial charge is 0.211 e. The van der Waals surface area contributed by atoms with E-state index in [4.69, 9.17) is 0 Å². The summed E-state index contributed by atoms with van der Waals surface area (Å²) in [6, 6.07) is 11.7. The molecule has 2 aromatic carbocycles. The van der Waals surface area contributed by atoms with Crippen LogP contribution >= 0.6 is 0 Å². The van der Waals surface area contributed by atoms with E-state index >= 15 is 0 Å². The van der Waals surface area contributed by atoms with Crippen LogP contribution in [-0.4, -0.2) is 75.9 Å². The van der Waals surface area contributed by atoms with Gasteiger partial charge in [0.05, 0.1) is 17.5 Å². The molecule has 0 aromatic heterocycles. The largest absolute Gasteiger partial charge is 0.380 e. The topological polar surface area (TPSA) is 161 Å². The van der Waals surface area contributed by atoms with Gasteiger partial charge in [-0.2, -0.15) is 0 Å². The van der Waals surface area contributed by atoms with Gasteiger partial charge in [-0.05, 0) is 0 Å². The third kappa shape index (κ3) is 3.72. The van der Waals surface area contributed by atoms with E-state index in [9.17, 15) is 36.0 Å². The van der Waals surface area contributed by atoms with Gasteiger partial charge in [0, 0.05) is 35.3 Å². The molecular formula is C24H20N2O8S2. The van der Waals surface area contributed by atoms with Crippen molar-refractivity contribution >= 4 is 42.8 Å². The number of hydrogen-bond acceptors (Lipinski definition) is 10. The first kappa shape index (κ1) is 24.2. The summed E-state index contributed by atoms with van der Waals surface area (Å²) in [5.41, 5.74) is 0.869. The normalized spacial score (nSPS) is 25.3. The summed E-state index contributed by atoms with van der Waals surface area (Å²) in [7, 11) is -7.20. The van der Waals surface area contributed by atoms with Gasteiger partial charge in [-0.25, -0.2) is 16.8 Å². The van der Waals surface area contributed by atoms with Crippen molar-refractivity contribution < 1.29 is 36.0 Å². The lowest BCUT2D eigenvalue weighted by Crippen LogP contribution is -2.61. The van der Waals surface area contributed by atoms with Gasteiger partial charge in [-0.1, -0.05) is 48.5 Å². The lowest BCUT2D eigenvalue weighted by molar-refractivity contribution is 0.0850. The molecule has 186 valence electrons. The van der Waals surface area contributed by atoms with Crippen molar-refractivity contribution in [3.8, 4) is 0 Å². The summed E-state index contributed by atoms with van der Waals surface area (Å²) in [4.78, 5) is 48.4. The molecule has 2 heterocycles. The molecule has 2 N–H and O–H groups in total. The number of fused-ring (bicyclic) bond motifs is 3. The molecule has 2 atom stereocenters. The van der Waals surface area contributed by atoms with Gasteiger partial charge >= 0.3 is 0 Å². The molecule has 36 heavy (non-hydrogen) atoms. The fourth-order valence-electron chi connectivity index (χ4n) is 4.80. The Balaban J connectivity index is 0.000000148. The Labute approximate surface area is 206 Å². The van der Waals surface area contributed by atoms with Crippen LogP contribution in [0.15, 0.2) is 59.1 Å². The van der Waals surface area contributed by atoms with Crippen LogP contribution in [0.25, 0.3) is 0 Å². The Morgan fingerprint density at radius 3 is 1.86 bits per heavy atom. The molecular weight excluding hydrogens is 508 g/mol. The number of carbonyl (C=O) groups is 4. The van der Waals surface area contributed by atoms with Gasteiger partial charge in [0.25, 0.3) is 0 Å². The predicted molar refractivity (Wildman–Crippen MR) is 128 cm³/mol. The fraction of sp³-hybridized carbons (Fsp3) is 0.250. The van der Waals surface area contributed by atoms with Gasteiger partial charge in [-0.3, -0.25) is 19.2 Å². The van der Waals surface area contributed by atoms with E-state index in [1.54, 1.807) is 30.3 Å². The maximum absolute atomic E-state index is 12.2. The second-order valence-electron chi connectivity index (χ2n) is 8.65. The average Bonchev–Trinajstić information content (AvgIpc) is 2.85. The Morgan fingerprint density at radius 2 is 1.22 bits per heavy atom. The van der Waals surface area contributed by atoms with Gasteiger partial charge in [-0.15, -0.1) is 0 Å².